The van der Waals surface area contributed by atoms with Crippen molar-refractivity contribution in [3.05, 3.63) is 81.4 Å². The average Bonchev–Trinajstić information content (AvgIpc) is 3.17. The molecule has 3 heterocycles. The minimum atomic E-state index is -0.152. The van der Waals surface area contributed by atoms with E-state index in [1.165, 1.54) is 15.9 Å². The predicted molar refractivity (Wildman–Crippen MR) is 95.5 cm³/mol. The molecule has 0 radical (unpaired) electrons. The summed E-state index contributed by atoms with van der Waals surface area (Å²) in [5.74, 6) is 0.534. The quantitative estimate of drug-likeness (QED) is 0.578. The molecule has 0 aliphatic carbocycles. The fourth-order valence-corrected chi connectivity index (χ4v) is 3.14. The second kappa shape index (κ2) is 6.17. The summed E-state index contributed by atoms with van der Waals surface area (Å²) in [6.07, 6.45) is 8.97. The lowest BCUT2D eigenvalue weighted by molar-refractivity contribution is 0.936. The molecule has 1 aromatic carbocycles. The van der Waals surface area contributed by atoms with Gasteiger partial charge >= 0.3 is 0 Å². The molecule has 0 fully saturated rings. The lowest BCUT2D eigenvalue weighted by Crippen LogP contribution is -2.23. The van der Waals surface area contributed by atoms with Crippen molar-refractivity contribution < 1.29 is 0 Å². The zero-order valence-corrected chi connectivity index (χ0v) is 13.4. The van der Waals surface area contributed by atoms with Crippen molar-refractivity contribution in [3.63, 3.8) is 0 Å². The Labute approximate surface area is 141 Å². The number of pyridine rings is 1. The minimum absolute atomic E-state index is 0.152. The maximum atomic E-state index is 12.4. The zero-order chi connectivity index (χ0) is 16.4. The Kier molecular flexibility index (Phi) is 3.72. The van der Waals surface area contributed by atoms with Crippen LogP contribution in [0.4, 0.5) is 0 Å². The standard InChI is InChI=1S/C18H12N4OS/c23-17-15(8-4-7-13-5-2-1-3-6-13)24-18-20-16(21-22(17)18)14-9-11-19-12-10-14/h1-12H. The summed E-state index contributed by atoms with van der Waals surface area (Å²) in [6, 6.07) is 13.6. The van der Waals surface area contributed by atoms with Gasteiger partial charge in [-0.25, -0.2) is 0 Å². The molecule has 0 aliphatic rings. The van der Waals surface area contributed by atoms with E-state index in [0.717, 1.165) is 11.1 Å². The highest BCUT2D eigenvalue weighted by atomic mass is 32.1. The van der Waals surface area contributed by atoms with Gasteiger partial charge in [-0.15, -0.1) is 5.10 Å². The highest BCUT2D eigenvalue weighted by molar-refractivity contribution is 7.15. The van der Waals surface area contributed by atoms with E-state index in [2.05, 4.69) is 15.1 Å². The van der Waals surface area contributed by atoms with Gasteiger partial charge in [0.15, 0.2) is 5.82 Å². The largest absolute Gasteiger partial charge is 0.291 e. The second-order valence-corrected chi connectivity index (χ2v) is 6.08. The van der Waals surface area contributed by atoms with Crippen LogP contribution in [0.15, 0.2) is 65.7 Å². The first kappa shape index (κ1) is 14.5. The van der Waals surface area contributed by atoms with Crippen molar-refractivity contribution in [1.29, 1.82) is 0 Å². The van der Waals surface area contributed by atoms with Gasteiger partial charge in [-0.2, -0.15) is 9.50 Å². The Bertz CT molecular complexity index is 1110. The normalized spacial score (nSPS) is 12.4. The summed E-state index contributed by atoms with van der Waals surface area (Å²) in [7, 11) is 0. The van der Waals surface area contributed by atoms with E-state index in [9.17, 15) is 4.79 Å². The molecule has 3 aromatic heterocycles. The molecule has 0 unspecified atom stereocenters. The molecule has 0 saturated heterocycles. The van der Waals surface area contributed by atoms with Crippen molar-refractivity contribution >= 4 is 28.4 Å². The van der Waals surface area contributed by atoms with E-state index < -0.39 is 0 Å². The molecule has 4 rings (SSSR count). The van der Waals surface area contributed by atoms with Crippen molar-refractivity contribution in [2.75, 3.05) is 0 Å². The number of hydrogen-bond acceptors (Lipinski definition) is 5. The molecule has 0 saturated carbocycles. The summed E-state index contributed by atoms with van der Waals surface area (Å²) in [6.45, 7) is 0. The maximum Gasteiger partial charge on any atom is 0.291 e. The van der Waals surface area contributed by atoms with Crippen LogP contribution in [0.3, 0.4) is 0 Å². The van der Waals surface area contributed by atoms with Gasteiger partial charge in [0, 0.05) is 18.0 Å². The highest BCUT2D eigenvalue weighted by Crippen LogP contribution is 2.14. The van der Waals surface area contributed by atoms with Crippen molar-refractivity contribution in [2.24, 2.45) is 0 Å². The van der Waals surface area contributed by atoms with E-state index in [0.29, 0.717) is 15.3 Å². The van der Waals surface area contributed by atoms with Crippen molar-refractivity contribution in [3.8, 4) is 11.4 Å². The van der Waals surface area contributed by atoms with Crippen LogP contribution in [-0.4, -0.2) is 19.6 Å². The fourth-order valence-electron chi connectivity index (χ4n) is 2.28. The predicted octanol–water partition coefficient (Wildman–Crippen LogP) is 2.43. The Morgan fingerprint density at radius 1 is 1.04 bits per heavy atom. The number of benzene rings is 1. The monoisotopic (exact) mass is 332 g/mol. The molecule has 0 amide bonds. The van der Waals surface area contributed by atoms with Crippen LogP contribution in [0, 0.1) is 0 Å². The van der Waals surface area contributed by atoms with Gasteiger partial charge in [0.05, 0.1) is 4.53 Å². The van der Waals surface area contributed by atoms with Crippen LogP contribution >= 0.6 is 11.3 Å². The summed E-state index contributed by atoms with van der Waals surface area (Å²) >= 11 is 1.33. The van der Waals surface area contributed by atoms with Gasteiger partial charge < -0.3 is 0 Å². The van der Waals surface area contributed by atoms with E-state index in [1.54, 1.807) is 18.5 Å². The second-order valence-electron chi connectivity index (χ2n) is 5.07. The van der Waals surface area contributed by atoms with Gasteiger partial charge in [-0.1, -0.05) is 53.8 Å². The highest BCUT2D eigenvalue weighted by Gasteiger charge is 2.11. The molecule has 5 nitrogen and oxygen atoms in total. The first-order valence-corrected chi connectivity index (χ1v) is 8.16. The number of allylic oxidation sites excluding steroid dienone is 1. The topological polar surface area (TPSA) is 60.2 Å². The summed E-state index contributed by atoms with van der Waals surface area (Å²) in [5, 5.41) is 4.30. The Morgan fingerprint density at radius 3 is 2.58 bits per heavy atom. The zero-order valence-electron chi connectivity index (χ0n) is 12.5. The number of thiazole rings is 1. The smallest absolute Gasteiger partial charge is 0.266 e. The number of aromatic nitrogens is 4. The number of nitrogens with zero attached hydrogens (tertiary/aromatic N) is 4. The van der Waals surface area contributed by atoms with Crippen molar-refractivity contribution in [2.45, 2.75) is 0 Å². The lowest BCUT2D eigenvalue weighted by atomic mass is 10.2. The van der Waals surface area contributed by atoms with E-state index in [1.807, 2.05) is 54.6 Å². The molecule has 4 aromatic rings. The molecule has 24 heavy (non-hydrogen) atoms. The molecular weight excluding hydrogens is 320 g/mol. The molecule has 0 N–H and O–H groups in total. The first-order chi connectivity index (χ1) is 11.8. The number of hydrogen-bond donors (Lipinski definition) is 0. The van der Waals surface area contributed by atoms with Crippen LogP contribution in [0.1, 0.15) is 5.56 Å². The SMILES string of the molecule is O=c1c(=CC=Cc2ccccc2)sc2nc(-c3ccncc3)nn12. The number of rotatable bonds is 3. The molecular formula is C18H12N4OS. The van der Waals surface area contributed by atoms with Gasteiger partial charge in [-0.05, 0) is 23.8 Å². The Balaban J connectivity index is 1.70. The molecule has 0 bridgehead atoms. The molecule has 0 spiro atoms. The van der Waals surface area contributed by atoms with E-state index in [-0.39, 0.29) is 5.56 Å². The van der Waals surface area contributed by atoms with E-state index in [4.69, 9.17) is 0 Å². The lowest BCUT2D eigenvalue weighted by Gasteiger charge is -1.90. The van der Waals surface area contributed by atoms with Crippen molar-refractivity contribution in [1.82, 2.24) is 19.6 Å². The minimum Gasteiger partial charge on any atom is -0.266 e. The molecule has 116 valence electrons. The molecule has 6 heteroatoms. The van der Waals surface area contributed by atoms with Gasteiger partial charge in [0.1, 0.15) is 0 Å². The third-order valence-corrected chi connectivity index (χ3v) is 4.43. The number of fused-ring (bicyclic) bond motifs is 1. The van der Waals surface area contributed by atoms with Crippen LogP contribution in [-0.2, 0) is 0 Å². The Morgan fingerprint density at radius 2 is 1.83 bits per heavy atom. The van der Waals surface area contributed by atoms with Crippen LogP contribution in [0.2, 0.25) is 0 Å². The average molecular weight is 332 g/mol. The molecule has 0 atom stereocenters. The van der Waals surface area contributed by atoms with E-state index >= 15 is 0 Å². The van der Waals surface area contributed by atoms with Gasteiger partial charge in [0.2, 0.25) is 4.96 Å². The maximum absolute atomic E-state index is 12.4. The van der Waals surface area contributed by atoms with Crippen LogP contribution < -0.4 is 10.1 Å². The first-order valence-electron chi connectivity index (χ1n) is 7.35. The van der Waals surface area contributed by atoms with Gasteiger partial charge in [0.25, 0.3) is 5.56 Å². The summed E-state index contributed by atoms with van der Waals surface area (Å²) in [5.41, 5.74) is 1.77. The van der Waals surface area contributed by atoms with Gasteiger partial charge in [-0.3, -0.25) is 9.78 Å². The Hall–Kier alpha value is -3.12. The molecule has 0 aliphatic heterocycles. The van der Waals surface area contributed by atoms with Crippen LogP contribution in [0.25, 0.3) is 28.5 Å². The third-order valence-electron chi connectivity index (χ3n) is 3.46. The van der Waals surface area contributed by atoms with Crippen LogP contribution in [0.5, 0.6) is 0 Å². The third kappa shape index (κ3) is 2.75. The summed E-state index contributed by atoms with van der Waals surface area (Å²) in [4.78, 5) is 21.4. The summed E-state index contributed by atoms with van der Waals surface area (Å²) < 4.78 is 1.96. The fraction of sp³-hybridized carbons (Fsp3) is 0.